The molecule has 0 aromatic rings. The number of hydrogen-bond acceptors (Lipinski definition) is 1. The molecular formula is C15H35NSi2. The second kappa shape index (κ2) is 7.06. The van der Waals surface area contributed by atoms with Gasteiger partial charge in [0.15, 0.2) is 0 Å². The molecule has 0 aromatic heterocycles. The van der Waals surface area contributed by atoms with Gasteiger partial charge in [0.25, 0.3) is 0 Å². The number of rotatable bonds is 7. The van der Waals surface area contributed by atoms with Crippen molar-refractivity contribution in [2.24, 2.45) is 0 Å². The van der Waals surface area contributed by atoms with Gasteiger partial charge in [-0.2, -0.15) is 0 Å². The standard InChI is InChI=1S/C15H35NSi2/c1-13(2)18(14(3)4,15(5)6)16-11-10-12-17(7,8)9/h10,12-16H,11H2,1-9H3. The Bertz CT molecular complexity index is 240. The lowest BCUT2D eigenvalue weighted by atomic mass is 10.5. The molecule has 0 rings (SSSR count). The minimum absolute atomic E-state index is 0.790. The molecule has 0 saturated heterocycles. The SMILES string of the molecule is CC(C)[Si](NCC=C[Si](C)(C)C)(C(C)C)C(C)C. The Hall–Kier alpha value is 0.134. The molecule has 0 aliphatic carbocycles. The molecule has 0 amide bonds. The van der Waals surface area contributed by atoms with Crippen molar-refractivity contribution < 1.29 is 0 Å². The third-order valence-electron chi connectivity index (χ3n) is 4.01. The smallest absolute Gasteiger partial charge is 0.133 e. The van der Waals surface area contributed by atoms with E-state index in [1.807, 2.05) is 0 Å². The van der Waals surface area contributed by atoms with Gasteiger partial charge in [0.2, 0.25) is 0 Å². The predicted octanol–water partition coefficient (Wildman–Crippen LogP) is 5.19. The molecule has 0 aromatic carbocycles. The van der Waals surface area contributed by atoms with Gasteiger partial charge in [-0.05, 0) is 16.6 Å². The summed E-state index contributed by atoms with van der Waals surface area (Å²) in [4.78, 5) is 3.98. The molecule has 3 heteroatoms. The fourth-order valence-electron chi connectivity index (χ4n) is 3.26. The summed E-state index contributed by atoms with van der Waals surface area (Å²) in [7, 11) is -2.45. The van der Waals surface area contributed by atoms with Gasteiger partial charge in [-0.1, -0.05) is 73.0 Å². The summed E-state index contributed by atoms with van der Waals surface area (Å²) in [6, 6.07) is 0. The maximum absolute atomic E-state index is 3.98. The van der Waals surface area contributed by atoms with Crippen molar-refractivity contribution in [3.05, 3.63) is 11.8 Å². The van der Waals surface area contributed by atoms with Crippen LogP contribution in [-0.2, 0) is 0 Å². The average molecular weight is 286 g/mol. The van der Waals surface area contributed by atoms with Gasteiger partial charge >= 0.3 is 0 Å². The van der Waals surface area contributed by atoms with Crippen LogP contribution in [0.3, 0.4) is 0 Å². The van der Waals surface area contributed by atoms with Crippen LogP contribution in [0.1, 0.15) is 41.5 Å². The van der Waals surface area contributed by atoms with E-state index in [1.165, 1.54) is 0 Å². The lowest BCUT2D eigenvalue weighted by Gasteiger charge is -2.43. The van der Waals surface area contributed by atoms with E-state index < -0.39 is 16.3 Å². The van der Waals surface area contributed by atoms with Crippen molar-refractivity contribution in [1.29, 1.82) is 0 Å². The molecule has 0 unspecified atom stereocenters. The van der Waals surface area contributed by atoms with Gasteiger partial charge in [0.05, 0.1) is 8.07 Å². The molecule has 0 aliphatic heterocycles. The van der Waals surface area contributed by atoms with Crippen molar-refractivity contribution in [2.75, 3.05) is 6.54 Å². The highest BCUT2D eigenvalue weighted by Gasteiger charge is 2.42. The molecule has 0 radical (unpaired) electrons. The maximum atomic E-state index is 3.98. The van der Waals surface area contributed by atoms with E-state index in [0.717, 1.165) is 23.2 Å². The average Bonchev–Trinajstić information content (AvgIpc) is 2.13. The van der Waals surface area contributed by atoms with E-state index >= 15 is 0 Å². The molecule has 18 heavy (non-hydrogen) atoms. The van der Waals surface area contributed by atoms with Crippen molar-refractivity contribution in [3.8, 4) is 0 Å². The van der Waals surface area contributed by atoms with E-state index in [9.17, 15) is 0 Å². The summed E-state index contributed by atoms with van der Waals surface area (Å²) in [6.45, 7) is 22.7. The summed E-state index contributed by atoms with van der Waals surface area (Å²) in [5.41, 5.74) is 4.83. The highest BCUT2D eigenvalue weighted by Crippen LogP contribution is 2.38. The lowest BCUT2D eigenvalue weighted by molar-refractivity contribution is 0.753. The van der Waals surface area contributed by atoms with Gasteiger partial charge < -0.3 is 4.98 Å². The predicted molar refractivity (Wildman–Crippen MR) is 91.5 cm³/mol. The molecular weight excluding hydrogens is 250 g/mol. The molecule has 0 heterocycles. The Morgan fingerprint density at radius 1 is 0.833 bits per heavy atom. The van der Waals surface area contributed by atoms with E-state index in [1.54, 1.807) is 0 Å². The molecule has 0 bridgehead atoms. The quantitative estimate of drug-likeness (QED) is 0.635. The Labute approximate surface area is 118 Å². The highest BCUT2D eigenvalue weighted by atomic mass is 28.3. The first kappa shape index (κ1) is 18.1. The molecule has 0 spiro atoms. The summed E-state index contributed by atoms with van der Waals surface area (Å²) in [5.74, 6) is 0. The van der Waals surface area contributed by atoms with Gasteiger partial charge in [-0.25, -0.2) is 0 Å². The van der Waals surface area contributed by atoms with Crippen LogP contribution in [-0.4, -0.2) is 22.9 Å². The van der Waals surface area contributed by atoms with Gasteiger partial charge in [0, 0.05) is 6.54 Å². The van der Waals surface area contributed by atoms with E-state index in [2.05, 4.69) is 77.9 Å². The van der Waals surface area contributed by atoms with Gasteiger partial charge in [-0.15, -0.1) is 0 Å². The second-order valence-electron chi connectivity index (χ2n) is 7.55. The summed E-state index contributed by atoms with van der Waals surface area (Å²) < 4.78 is 0. The zero-order valence-electron chi connectivity index (χ0n) is 14.1. The zero-order valence-corrected chi connectivity index (χ0v) is 16.1. The summed E-state index contributed by atoms with van der Waals surface area (Å²) in [6.07, 6.45) is 2.38. The maximum Gasteiger partial charge on any atom is 0.133 e. The monoisotopic (exact) mass is 285 g/mol. The van der Waals surface area contributed by atoms with Crippen LogP contribution >= 0.6 is 0 Å². The Morgan fingerprint density at radius 2 is 1.22 bits per heavy atom. The zero-order chi connectivity index (χ0) is 14.6. The third-order valence-corrected chi connectivity index (χ3v) is 11.8. The molecule has 1 N–H and O–H groups in total. The molecule has 0 saturated carbocycles. The second-order valence-corrected chi connectivity index (χ2v) is 18.3. The van der Waals surface area contributed by atoms with Crippen molar-refractivity contribution >= 4 is 16.3 Å². The van der Waals surface area contributed by atoms with Gasteiger partial charge in [-0.3, -0.25) is 0 Å². The fourth-order valence-corrected chi connectivity index (χ4v) is 9.78. The normalized spacial score (nSPS) is 14.4. The van der Waals surface area contributed by atoms with Crippen LogP contribution in [0.15, 0.2) is 11.8 Å². The van der Waals surface area contributed by atoms with E-state index in [4.69, 9.17) is 0 Å². The summed E-state index contributed by atoms with van der Waals surface area (Å²) >= 11 is 0. The first-order chi connectivity index (χ1) is 8.04. The Balaban J connectivity index is 4.77. The highest BCUT2D eigenvalue weighted by molar-refractivity contribution is 6.81. The van der Waals surface area contributed by atoms with Crippen LogP contribution in [0.25, 0.3) is 0 Å². The van der Waals surface area contributed by atoms with Crippen molar-refractivity contribution in [2.45, 2.75) is 77.8 Å². The fraction of sp³-hybridized carbons (Fsp3) is 0.867. The largest absolute Gasteiger partial charge is 0.333 e. The van der Waals surface area contributed by atoms with E-state index in [-0.39, 0.29) is 0 Å². The van der Waals surface area contributed by atoms with Crippen LogP contribution < -0.4 is 4.98 Å². The first-order valence-corrected chi connectivity index (χ1v) is 13.3. The number of hydrogen-bond donors (Lipinski definition) is 1. The molecule has 1 nitrogen and oxygen atoms in total. The van der Waals surface area contributed by atoms with Crippen LogP contribution in [0.5, 0.6) is 0 Å². The molecule has 0 aliphatic rings. The minimum atomic E-state index is -1.41. The van der Waals surface area contributed by atoms with Crippen LogP contribution in [0.2, 0.25) is 36.3 Å². The van der Waals surface area contributed by atoms with Crippen LogP contribution in [0, 0.1) is 0 Å². The van der Waals surface area contributed by atoms with Crippen molar-refractivity contribution in [1.82, 2.24) is 4.98 Å². The van der Waals surface area contributed by atoms with Crippen molar-refractivity contribution in [3.63, 3.8) is 0 Å². The lowest BCUT2D eigenvalue weighted by Crippen LogP contribution is -2.57. The van der Waals surface area contributed by atoms with Crippen LogP contribution in [0.4, 0.5) is 0 Å². The van der Waals surface area contributed by atoms with E-state index in [0.29, 0.717) is 0 Å². The Morgan fingerprint density at radius 3 is 1.50 bits per heavy atom. The number of nitrogens with one attached hydrogen (secondary N) is 1. The summed E-state index contributed by atoms with van der Waals surface area (Å²) in [5, 5.41) is 0. The molecule has 108 valence electrons. The minimum Gasteiger partial charge on any atom is -0.333 e. The Kier molecular flexibility index (Phi) is 7.11. The molecule has 0 atom stereocenters. The van der Waals surface area contributed by atoms with Gasteiger partial charge in [0.1, 0.15) is 8.24 Å². The molecule has 0 fully saturated rings. The topological polar surface area (TPSA) is 12.0 Å². The first-order valence-electron chi connectivity index (χ1n) is 7.46. The third kappa shape index (κ3) is 5.02.